The maximum absolute atomic E-state index is 6.59. The van der Waals surface area contributed by atoms with Gasteiger partial charge in [-0.3, -0.25) is 0 Å². The van der Waals surface area contributed by atoms with Gasteiger partial charge in [0.05, 0.1) is 0 Å². The van der Waals surface area contributed by atoms with E-state index in [2.05, 4.69) is 29.5 Å². The molecule has 106 valence electrons. The molecule has 0 heterocycles. The van der Waals surface area contributed by atoms with Crippen LogP contribution in [0.15, 0.2) is 0 Å². The molecule has 2 aliphatic carbocycles. The van der Waals surface area contributed by atoms with Crippen molar-refractivity contribution in [3.8, 4) is 0 Å². The smallest absolute Gasteiger partial charge is 0.208 e. The Kier molecular flexibility index (Phi) is 6.48. The summed E-state index contributed by atoms with van der Waals surface area (Å²) in [7, 11) is -1.48. The molecule has 0 unspecified atom stereocenters. The quantitative estimate of drug-likeness (QED) is 0.342. The summed E-state index contributed by atoms with van der Waals surface area (Å²) in [5.41, 5.74) is 1.96. The molecule has 0 aromatic carbocycles. The highest BCUT2D eigenvalue weighted by atomic mass is 127. The maximum atomic E-state index is 6.59. The molecule has 2 saturated carbocycles. The summed E-state index contributed by atoms with van der Waals surface area (Å²) < 4.78 is 7.93. The van der Waals surface area contributed by atoms with Crippen molar-refractivity contribution in [2.24, 2.45) is 0 Å². The second-order valence-corrected chi connectivity index (χ2v) is 12.6. The molecule has 0 aliphatic heterocycles. The molecule has 0 atom stereocenters. The fourth-order valence-electron chi connectivity index (χ4n) is 4.28. The fraction of sp³-hybridized carbons (Fsp3) is 1.00. The van der Waals surface area contributed by atoms with E-state index in [-0.39, 0.29) is 0 Å². The minimum atomic E-state index is -1.48. The molecule has 0 amide bonds. The van der Waals surface area contributed by atoms with E-state index in [0.717, 1.165) is 17.7 Å². The van der Waals surface area contributed by atoms with Crippen molar-refractivity contribution >= 4 is 30.9 Å². The first-order valence-corrected chi connectivity index (χ1v) is 11.8. The van der Waals surface area contributed by atoms with Gasteiger partial charge in [-0.05, 0) is 18.0 Å². The summed E-state index contributed by atoms with van der Waals surface area (Å²) >= 11 is 2.67. The number of hydrogen-bond donors (Lipinski definition) is 0. The van der Waals surface area contributed by atoms with Gasteiger partial charge in [0.2, 0.25) is 8.32 Å². The molecule has 18 heavy (non-hydrogen) atoms. The van der Waals surface area contributed by atoms with E-state index >= 15 is 0 Å². The lowest BCUT2D eigenvalue weighted by Crippen LogP contribution is -2.51. The highest BCUT2D eigenvalue weighted by molar-refractivity contribution is 14.1. The lowest BCUT2D eigenvalue weighted by molar-refractivity contribution is 0.277. The summed E-state index contributed by atoms with van der Waals surface area (Å²) in [4.78, 5) is 0. The van der Waals surface area contributed by atoms with Gasteiger partial charge < -0.3 is 4.43 Å². The first-order chi connectivity index (χ1) is 8.83. The second kappa shape index (κ2) is 7.63. The lowest BCUT2D eigenvalue weighted by Gasteiger charge is -2.45. The Morgan fingerprint density at radius 2 is 1.33 bits per heavy atom. The average molecular weight is 380 g/mol. The van der Waals surface area contributed by atoms with Gasteiger partial charge in [0.1, 0.15) is 0 Å². The molecule has 1 nitrogen and oxygen atoms in total. The molecule has 0 radical (unpaired) electrons. The largest absolute Gasteiger partial charge is 0.416 e. The molecule has 0 N–H and O–H groups in total. The van der Waals surface area contributed by atoms with Crippen LogP contribution in [-0.4, -0.2) is 19.0 Å². The normalized spacial score (nSPS) is 24.3. The van der Waals surface area contributed by atoms with E-state index in [4.69, 9.17) is 4.43 Å². The summed E-state index contributed by atoms with van der Waals surface area (Å²) in [5.74, 6) is 0. The zero-order valence-corrected chi connectivity index (χ0v) is 15.1. The molecule has 0 saturated heterocycles. The van der Waals surface area contributed by atoms with Crippen molar-refractivity contribution < 1.29 is 4.43 Å². The standard InChI is InChI=1S/C15H29IOSi/c1-2-17-18(13-16,14-9-5-3-6-10-14)15-11-7-4-8-12-15/h14-15H,2-13H2,1H3. The molecule has 2 fully saturated rings. The fourth-order valence-corrected chi connectivity index (χ4v) is 13.6. The van der Waals surface area contributed by atoms with Crippen LogP contribution in [0.25, 0.3) is 0 Å². The maximum Gasteiger partial charge on any atom is 0.208 e. The predicted molar refractivity (Wildman–Crippen MR) is 89.9 cm³/mol. The Hall–Kier alpha value is 0.907. The average Bonchev–Trinajstić information content (AvgIpc) is 2.47. The van der Waals surface area contributed by atoms with Crippen LogP contribution < -0.4 is 0 Å². The zero-order chi connectivity index (χ0) is 12.8. The van der Waals surface area contributed by atoms with Crippen LogP contribution >= 0.6 is 22.6 Å². The molecule has 0 aromatic rings. The van der Waals surface area contributed by atoms with Crippen molar-refractivity contribution in [1.29, 1.82) is 0 Å². The van der Waals surface area contributed by atoms with Gasteiger partial charge in [-0.2, -0.15) is 0 Å². The third kappa shape index (κ3) is 3.32. The van der Waals surface area contributed by atoms with Crippen LogP contribution in [0.2, 0.25) is 11.1 Å². The van der Waals surface area contributed by atoms with Gasteiger partial charge in [0.15, 0.2) is 0 Å². The third-order valence-electron chi connectivity index (χ3n) is 5.21. The number of hydrogen-bond acceptors (Lipinski definition) is 1. The van der Waals surface area contributed by atoms with Gasteiger partial charge in [0.25, 0.3) is 0 Å². The van der Waals surface area contributed by atoms with E-state index in [1.807, 2.05) is 0 Å². The molecule has 3 heteroatoms. The van der Waals surface area contributed by atoms with Crippen LogP contribution in [0.4, 0.5) is 0 Å². The van der Waals surface area contributed by atoms with Crippen LogP contribution in [0, 0.1) is 0 Å². The van der Waals surface area contributed by atoms with Crippen molar-refractivity contribution in [2.45, 2.75) is 82.2 Å². The van der Waals surface area contributed by atoms with E-state index in [9.17, 15) is 0 Å². The Labute approximate surface area is 128 Å². The Bertz CT molecular complexity index is 217. The number of halogens is 1. The summed E-state index contributed by atoms with van der Waals surface area (Å²) in [5, 5.41) is 0. The van der Waals surface area contributed by atoms with Crippen molar-refractivity contribution in [1.82, 2.24) is 0 Å². The van der Waals surface area contributed by atoms with E-state index in [1.165, 1.54) is 68.3 Å². The van der Waals surface area contributed by atoms with Crippen molar-refractivity contribution in [3.63, 3.8) is 0 Å². The van der Waals surface area contributed by atoms with Crippen LogP contribution in [0.5, 0.6) is 0 Å². The Balaban J connectivity index is 2.13. The van der Waals surface area contributed by atoms with Gasteiger partial charge in [-0.1, -0.05) is 86.8 Å². The Morgan fingerprint density at radius 1 is 0.889 bits per heavy atom. The first-order valence-electron chi connectivity index (χ1n) is 8.03. The van der Waals surface area contributed by atoms with Crippen LogP contribution in [0.1, 0.15) is 71.1 Å². The first kappa shape index (κ1) is 15.3. The molecular formula is C15H29IOSi. The molecule has 0 spiro atoms. The molecular weight excluding hydrogens is 351 g/mol. The Morgan fingerprint density at radius 3 is 1.67 bits per heavy atom. The summed E-state index contributed by atoms with van der Waals surface area (Å²) in [6.45, 7) is 3.18. The minimum Gasteiger partial charge on any atom is -0.416 e. The van der Waals surface area contributed by atoms with Gasteiger partial charge in [0, 0.05) is 10.7 Å². The summed E-state index contributed by atoms with van der Waals surface area (Å²) in [6, 6.07) is 0. The highest BCUT2D eigenvalue weighted by Crippen LogP contribution is 2.49. The molecule has 2 rings (SSSR count). The molecule has 2 aliphatic rings. The number of alkyl halides is 1. The summed E-state index contributed by atoms with van der Waals surface area (Å²) in [6.07, 6.45) is 14.7. The van der Waals surface area contributed by atoms with Crippen LogP contribution in [0.3, 0.4) is 0 Å². The van der Waals surface area contributed by atoms with Gasteiger partial charge in [-0.15, -0.1) is 0 Å². The van der Waals surface area contributed by atoms with E-state index < -0.39 is 8.32 Å². The monoisotopic (exact) mass is 380 g/mol. The van der Waals surface area contributed by atoms with Crippen LogP contribution in [-0.2, 0) is 4.43 Å². The van der Waals surface area contributed by atoms with Crippen molar-refractivity contribution in [3.05, 3.63) is 0 Å². The van der Waals surface area contributed by atoms with Gasteiger partial charge in [-0.25, -0.2) is 0 Å². The van der Waals surface area contributed by atoms with E-state index in [0.29, 0.717) is 0 Å². The topological polar surface area (TPSA) is 9.23 Å². The third-order valence-corrected chi connectivity index (χ3v) is 14.0. The SMILES string of the molecule is CCO[Si](CI)(C1CCCCC1)C1CCCCC1. The predicted octanol–water partition coefficient (Wildman–Crippen LogP) is 5.61. The molecule has 0 bridgehead atoms. The highest BCUT2D eigenvalue weighted by Gasteiger charge is 2.48. The number of rotatable bonds is 5. The minimum absolute atomic E-state index is 0.961. The van der Waals surface area contributed by atoms with Gasteiger partial charge >= 0.3 is 0 Å². The lowest BCUT2D eigenvalue weighted by atomic mass is 9.99. The second-order valence-electron chi connectivity index (χ2n) is 6.19. The molecule has 0 aromatic heterocycles. The zero-order valence-electron chi connectivity index (χ0n) is 11.9. The van der Waals surface area contributed by atoms with E-state index in [1.54, 1.807) is 0 Å². The van der Waals surface area contributed by atoms with Crippen molar-refractivity contribution in [2.75, 3.05) is 10.7 Å².